The molecule has 3 N–H and O–H groups in total. The molecule has 0 radical (unpaired) electrons. The van der Waals surface area contributed by atoms with Crippen molar-refractivity contribution in [3.63, 3.8) is 0 Å². The number of nitrogen functional groups attached to an aromatic ring is 1. The molecule has 2 aromatic heterocycles. The fourth-order valence-electron chi connectivity index (χ4n) is 6.35. The molecule has 11 nitrogen and oxygen atoms in total. The molecule has 0 spiro atoms. The largest absolute Gasteiger partial charge is 0.457 e. The zero-order chi connectivity index (χ0) is 32.4. The van der Waals surface area contributed by atoms with Crippen LogP contribution in [-0.4, -0.2) is 78.4 Å². The Morgan fingerprint density at radius 3 is 2.59 bits per heavy atom. The summed E-state index contributed by atoms with van der Waals surface area (Å²) in [5.41, 5.74) is 6.80. The Balaban J connectivity index is 1.27. The van der Waals surface area contributed by atoms with Crippen molar-refractivity contribution in [2.24, 2.45) is 0 Å². The molecule has 46 heavy (non-hydrogen) atoms. The van der Waals surface area contributed by atoms with Crippen LogP contribution in [0.4, 0.5) is 10.2 Å². The van der Waals surface area contributed by atoms with Crippen LogP contribution in [0.2, 0.25) is 0 Å². The van der Waals surface area contributed by atoms with Gasteiger partial charge in [0.25, 0.3) is 5.91 Å². The van der Waals surface area contributed by atoms with E-state index in [9.17, 15) is 15.2 Å². The van der Waals surface area contributed by atoms with Crippen LogP contribution >= 0.6 is 0 Å². The lowest BCUT2D eigenvalue weighted by molar-refractivity contribution is -0.128. The van der Waals surface area contributed by atoms with E-state index in [1.54, 1.807) is 39.9 Å². The molecule has 2 aliphatic heterocycles. The first-order valence-electron chi connectivity index (χ1n) is 15.5. The normalized spacial score (nSPS) is 18.5. The van der Waals surface area contributed by atoms with Crippen LogP contribution in [0, 0.1) is 17.1 Å². The van der Waals surface area contributed by atoms with Crippen LogP contribution in [0.1, 0.15) is 45.6 Å². The van der Waals surface area contributed by atoms with Crippen molar-refractivity contribution < 1.29 is 19.0 Å². The van der Waals surface area contributed by atoms with Crippen molar-refractivity contribution in [1.82, 2.24) is 29.5 Å². The number of hydrogen-bond acceptors (Lipinski definition) is 9. The SMILES string of the molecule is CC(C)(C=C(C#N)C(=O)N1CCCC(n2nc(-c3ccc(Oc4ccccc4)cc3F)c3c(N)ncnc32)C1)N1CCC(O)CC1. The second-order valence-electron chi connectivity index (χ2n) is 12.4. The number of para-hydroxylation sites is 1. The first kappa shape index (κ1) is 31.1. The predicted octanol–water partition coefficient (Wildman–Crippen LogP) is 4.86. The Hall–Kier alpha value is -4.86. The number of likely N-dealkylation sites (tertiary alicyclic amines) is 2. The maximum absolute atomic E-state index is 15.6. The number of aromatic nitrogens is 4. The second kappa shape index (κ2) is 12.9. The number of nitrogens with two attached hydrogens (primary N) is 1. The molecule has 2 aromatic carbocycles. The van der Waals surface area contributed by atoms with Gasteiger partial charge >= 0.3 is 0 Å². The van der Waals surface area contributed by atoms with E-state index >= 15 is 4.39 Å². The number of nitrogens with zero attached hydrogens (tertiary/aromatic N) is 7. The third-order valence-electron chi connectivity index (χ3n) is 8.85. The topological polar surface area (TPSA) is 146 Å². The summed E-state index contributed by atoms with van der Waals surface area (Å²) < 4.78 is 23.1. The molecule has 2 saturated heterocycles. The van der Waals surface area contributed by atoms with Crippen molar-refractivity contribution in [3.8, 4) is 28.8 Å². The molecule has 4 aromatic rings. The van der Waals surface area contributed by atoms with Crippen LogP contribution in [0.5, 0.6) is 11.5 Å². The van der Waals surface area contributed by atoms with Crippen LogP contribution < -0.4 is 10.5 Å². The summed E-state index contributed by atoms with van der Waals surface area (Å²) >= 11 is 0. The molecule has 2 fully saturated rings. The van der Waals surface area contributed by atoms with E-state index in [0.29, 0.717) is 80.1 Å². The van der Waals surface area contributed by atoms with Crippen molar-refractivity contribution in [2.45, 2.75) is 57.2 Å². The van der Waals surface area contributed by atoms with Crippen molar-refractivity contribution in [2.75, 3.05) is 31.9 Å². The number of halogens is 1. The van der Waals surface area contributed by atoms with Crippen molar-refractivity contribution in [3.05, 3.63) is 72.3 Å². The monoisotopic (exact) mass is 624 g/mol. The van der Waals surface area contributed by atoms with Crippen molar-refractivity contribution >= 4 is 22.8 Å². The Morgan fingerprint density at radius 2 is 1.87 bits per heavy atom. The number of hydrogen-bond donors (Lipinski definition) is 2. The van der Waals surface area contributed by atoms with Gasteiger partial charge < -0.3 is 20.5 Å². The third kappa shape index (κ3) is 6.29. The predicted molar refractivity (Wildman–Crippen MR) is 171 cm³/mol. The smallest absolute Gasteiger partial charge is 0.264 e. The van der Waals surface area contributed by atoms with Gasteiger partial charge in [0, 0.05) is 43.3 Å². The summed E-state index contributed by atoms with van der Waals surface area (Å²) in [5.74, 6) is 0.203. The fourth-order valence-corrected chi connectivity index (χ4v) is 6.35. The number of amides is 1. The van der Waals surface area contributed by atoms with Gasteiger partial charge in [-0.2, -0.15) is 10.4 Å². The number of carbonyl (C=O) groups excluding carboxylic acids is 1. The van der Waals surface area contributed by atoms with Gasteiger partial charge in [-0.15, -0.1) is 0 Å². The number of rotatable bonds is 7. The molecule has 2 aliphatic rings. The number of carbonyl (C=O) groups is 1. The van der Waals surface area contributed by atoms with E-state index in [0.717, 1.165) is 0 Å². The van der Waals surface area contributed by atoms with Gasteiger partial charge in [0.15, 0.2) is 5.65 Å². The lowest BCUT2D eigenvalue weighted by atomic mass is 9.94. The Labute approximate surface area is 266 Å². The van der Waals surface area contributed by atoms with Gasteiger partial charge in [-0.25, -0.2) is 19.0 Å². The quantitative estimate of drug-likeness (QED) is 0.217. The standard InChI is InChI=1S/C34H37FN8O3/c1-34(2,42-15-12-24(44)13-16-42)18-22(19-36)33(45)41-14-6-7-23(20-41)43-32-29(31(37)38-21-39-32)30(40-43)27-11-10-26(17-28(27)35)46-25-8-4-3-5-9-25/h3-5,8-11,17-18,21,23-24,44H,6-7,12-16,20H2,1-2H3,(H2,37,38,39). The number of piperidine rings is 2. The van der Waals surface area contributed by atoms with E-state index in [-0.39, 0.29) is 35.0 Å². The number of aliphatic hydroxyl groups is 1. The average molecular weight is 625 g/mol. The van der Waals surface area contributed by atoms with Gasteiger partial charge in [0.05, 0.1) is 17.5 Å². The highest BCUT2D eigenvalue weighted by molar-refractivity contribution is 5.99. The third-order valence-corrected chi connectivity index (χ3v) is 8.85. The zero-order valence-electron chi connectivity index (χ0n) is 25.9. The van der Waals surface area contributed by atoms with Crippen molar-refractivity contribution in [1.29, 1.82) is 5.26 Å². The summed E-state index contributed by atoms with van der Waals surface area (Å²) in [4.78, 5) is 26.2. The fraction of sp³-hybridized carbons (Fsp3) is 0.382. The summed E-state index contributed by atoms with van der Waals surface area (Å²) in [6, 6.07) is 15.5. The number of benzene rings is 2. The first-order chi connectivity index (χ1) is 22.1. The van der Waals surface area contributed by atoms with E-state index < -0.39 is 11.4 Å². The summed E-state index contributed by atoms with van der Waals surface area (Å²) in [6.45, 7) is 6.12. The number of anilines is 1. The Bertz CT molecular complexity index is 1810. The summed E-state index contributed by atoms with van der Waals surface area (Å²) in [7, 11) is 0. The van der Waals surface area contributed by atoms with Gasteiger partial charge in [0.1, 0.15) is 46.8 Å². The zero-order valence-corrected chi connectivity index (χ0v) is 25.9. The van der Waals surface area contributed by atoms with Crippen LogP contribution in [-0.2, 0) is 4.79 Å². The maximum atomic E-state index is 15.6. The van der Waals surface area contributed by atoms with Crippen LogP contribution in [0.15, 0.2) is 66.5 Å². The molecule has 12 heteroatoms. The Kier molecular flexibility index (Phi) is 8.71. The highest BCUT2D eigenvalue weighted by atomic mass is 19.1. The maximum Gasteiger partial charge on any atom is 0.264 e. The molecule has 4 heterocycles. The highest BCUT2D eigenvalue weighted by Crippen LogP contribution is 2.36. The molecule has 1 unspecified atom stereocenters. The molecule has 0 aliphatic carbocycles. The molecule has 1 amide bonds. The molecule has 238 valence electrons. The number of aliphatic hydroxyl groups excluding tert-OH is 1. The van der Waals surface area contributed by atoms with Gasteiger partial charge in [0.2, 0.25) is 0 Å². The van der Waals surface area contributed by atoms with E-state index in [1.807, 2.05) is 32.0 Å². The highest BCUT2D eigenvalue weighted by Gasteiger charge is 2.33. The van der Waals surface area contributed by atoms with Gasteiger partial charge in [-0.3, -0.25) is 9.69 Å². The Morgan fingerprint density at radius 1 is 1.11 bits per heavy atom. The number of fused-ring (bicyclic) bond motifs is 1. The molecular weight excluding hydrogens is 587 g/mol. The van der Waals surface area contributed by atoms with E-state index in [4.69, 9.17) is 15.6 Å². The lowest BCUT2D eigenvalue weighted by Gasteiger charge is -2.40. The van der Waals surface area contributed by atoms with E-state index in [1.165, 1.54) is 12.4 Å². The number of ether oxygens (including phenoxy) is 1. The summed E-state index contributed by atoms with van der Waals surface area (Å²) in [6.07, 6.45) is 5.45. The minimum Gasteiger partial charge on any atom is -0.457 e. The molecule has 0 saturated carbocycles. The van der Waals surface area contributed by atoms with Crippen LogP contribution in [0.25, 0.3) is 22.3 Å². The molecular formula is C34H37FN8O3. The minimum atomic E-state index is -0.543. The summed E-state index contributed by atoms with van der Waals surface area (Å²) in [5, 5.41) is 25.2. The molecule has 6 rings (SSSR count). The van der Waals surface area contributed by atoms with Gasteiger partial charge in [-0.1, -0.05) is 18.2 Å². The van der Waals surface area contributed by atoms with E-state index in [2.05, 4.69) is 20.9 Å². The number of nitriles is 1. The van der Waals surface area contributed by atoms with Gasteiger partial charge in [-0.05, 0) is 69.9 Å². The average Bonchev–Trinajstić information content (AvgIpc) is 3.45. The molecule has 0 bridgehead atoms. The first-order valence-corrected chi connectivity index (χ1v) is 15.5. The molecule has 1 atom stereocenters. The minimum absolute atomic E-state index is 0.0780. The van der Waals surface area contributed by atoms with Crippen LogP contribution in [0.3, 0.4) is 0 Å². The lowest BCUT2D eigenvalue weighted by Crippen LogP contribution is -2.48. The second-order valence-corrected chi connectivity index (χ2v) is 12.4.